The van der Waals surface area contributed by atoms with Crippen LogP contribution in [0.1, 0.15) is 30.5 Å². The molecule has 1 aliphatic carbocycles. The van der Waals surface area contributed by atoms with Crippen molar-refractivity contribution in [1.82, 2.24) is 4.98 Å². The van der Waals surface area contributed by atoms with Gasteiger partial charge in [0.05, 0.1) is 6.61 Å². The molecule has 0 radical (unpaired) electrons. The quantitative estimate of drug-likeness (QED) is 0.775. The monoisotopic (exact) mass is 221 g/mol. The van der Waals surface area contributed by atoms with E-state index < -0.39 is 12.1 Å². The number of aryl methyl sites for hydroxylation is 1. The number of esters is 1. The van der Waals surface area contributed by atoms with Crippen molar-refractivity contribution in [2.24, 2.45) is 0 Å². The number of rotatable bonds is 3. The molecule has 0 amide bonds. The van der Waals surface area contributed by atoms with Crippen LogP contribution in [-0.4, -0.2) is 28.8 Å². The lowest BCUT2D eigenvalue weighted by Gasteiger charge is -2.16. The van der Waals surface area contributed by atoms with Crippen molar-refractivity contribution < 1.29 is 14.6 Å². The lowest BCUT2D eigenvalue weighted by atomic mass is 10.00. The predicted molar refractivity (Wildman–Crippen MR) is 57.9 cm³/mol. The Balaban J connectivity index is 2.15. The Kier molecular flexibility index (Phi) is 3.19. The molecule has 1 N–H and O–H groups in total. The molecule has 2 unspecified atom stereocenters. The maximum atomic E-state index is 11.4. The zero-order valence-electron chi connectivity index (χ0n) is 9.22. The van der Waals surface area contributed by atoms with Gasteiger partial charge >= 0.3 is 5.97 Å². The van der Waals surface area contributed by atoms with Gasteiger partial charge in [-0.2, -0.15) is 0 Å². The minimum atomic E-state index is -1.09. The molecular weight excluding hydrogens is 206 g/mol. The number of aromatic nitrogens is 1. The lowest BCUT2D eigenvalue weighted by molar-refractivity contribution is -0.154. The molecule has 1 aromatic rings. The van der Waals surface area contributed by atoms with Crippen LogP contribution in [0.3, 0.4) is 0 Å². The molecule has 1 heterocycles. The Morgan fingerprint density at radius 3 is 3.31 bits per heavy atom. The minimum absolute atomic E-state index is 0.213. The summed E-state index contributed by atoms with van der Waals surface area (Å²) in [4.78, 5) is 15.7. The van der Waals surface area contributed by atoms with Gasteiger partial charge in [0.2, 0.25) is 0 Å². The molecule has 0 aromatic carbocycles. The summed E-state index contributed by atoms with van der Waals surface area (Å²) in [7, 11) is 0. The fourth-order valence-corrected chi connectivity index (χ4v) is 2.14. The molecular formula is C12H15NO3. The SMILES string of the molecule is CCOC(=O)C(O)C1CCc2cccnc21. The highest BCUT2D eigenvalue weighted by Crippen LogP contribution is 2.33. The molecule has 0 aliphatic heterocycles. The van der Waals surface area contributed by atoms with Gasteiger partial charge in [-0.15, -0.1) is 0 Å². The maximum absolute atomic E-state index is 11.4. The average Bonchev–Trinajstić information content (AvgIpc) is 2.72. The van der Waals surface area contributed by atoms with Crippen molar-refractivity contribution in [3.05, 3.63) is 29.6 Å². The topological polar surface area (TPSA) is 59.4 Å². The van der Waals surface area contributed by atoms with Crippen LogP contribution in [0.5, 0.6) is 0 Å². The first-order chi connectivity index (χ1) is 7.74. The fraction of sp³-hybridized carbons (Fsp3) is 0.500. The van der Waals surface area contributed by atoms with Crippen LogP contribution in [0.25, 0.3) is 0 Å². The van der Waals surface area contributed by atoms with Crippen LogP contribution in [0, 0.1) is 0 Å². The molecule has 2 rings (SSSR count). The largest absolute Gasteiger partial charge is 0.464 e. The van der Waals surface area contributed by atoms with Gasteiger partial charge < -0.3 is 9.84 Å². The first kappa shape index (κ1) is 11.1. The zero-order chi connectivity index (χ0) is 11.5. The van der Waals surface area contributed by atoms with Crippen LogP contribution in [0.15, 0.2) is 18.3 Å². The van der Waals surface area contributed by atoms with Crippen LogP contribution in [0.2, 0.25) is 0 Å². The maximum Gasteiger partial charge on any atom is 0.335 e. The van der Waals surface area contributed by atoms with E-state index in [2.05, 4.69) is 4.98 Å². The molecule has 0 spiro atoms. The molecule has 0 saturated carbocycles. The molecule has 86 valence electrons. The number of hydrogen-bond acceptors (Lipinski definition) is 4. The second-order valence-electron chi connectivity index (χ2n) is 3.89. The third-order valence-electron chi connectivity index (χ3n) is 2.91. The third kappa shape index (κ3) is 1.93. The van der Waals surface area contributed by atoms with E-state index in [9.17, 15) is 9.90 Å². The number of carbonyl (C=O) groups is 1. The van der Waals surface area contributed by atoms with Gasteiger partial charge in [0, 0.05) is 17.8 Å². The molecule has 1 aliphatic rings. The molecule has 4 nitrogen and oxygen atoms in total. The molecule has 0 fully saturated rings. The number of nitrogens with zero attached hydrogens (tertiary/aromatic N) is 1. The summed E-state index contributed by atoms with van der Waals surface area (Å²) in [5.41, 5.74) is 1.96. The lowest BCUT2D eigenvalue weighted by Crippen LogP contribution is -2.29. The molecule has 2 atom stereocenters. The number of pyridine rings is 1. The third-order valence-corrected chi connectivity index (χ3v) is 2.91. The summed E-state index contributed by atoms with van der Waals surface area (Å²) in [6.07, 6.45) is 2.22. The highest BCUT2D eigenvalue weighted by Gasteiger charge is 2.34. The first-order valence-corrected chi connectivity index (χ1v) is 5.52. The number of aliphatic hydroxyl groups is 1. The van der Waals surface area contributed by atoms with Crippen molar-refractivity contribution >= 4 is 5.97 Å². The minimum Gasteiger partial charge on any atom is -0.464 e. The van der Waals surface area contributed by atoms with E-state index in [0.717, 1.165) is 24.1 Å². The van der Waals surface area contributed by atoms with E-state index in [-0.39, 0.29) is 12.5 Å². The van der Waals surface area contributed by atoms with Crippen LogP contribution in [0.4, 0.5) is 0 Å². The van der Waals surface area contributed by atoms with E-state index in [0.29, 0.717) is 0 Å². The summed E-state index contributed by atoms with van der Waals surface area (Å²) in [6, 6.07) is 3.86. The van der Waals surface area contributed by atoms with E-state index in [1.807, 2.05) is 12.1 Å². The summed E-state index contributed by atoms with van der Waals surface area (Å²) < 4.78 is 4.81. The molecule has 4 heteroatoms. The van der Waals surface area contributed by atoms with Crippen molar-refractivity contribution in [2.75, 3.05) is 6.61 Å². The Morgan fingerprint density at radius 2 is 2.56 bits per heavy atom. The van der Waals surface area contributed by atoms with Crippen molar-refractivity contribution in [3.8, 4) is 0 Å². The molecule has 0 saturated heterocycles. The van der Waals surface area contributed by atoms with Crippen LogP contribution in [-0.2, 0) is 16.0 Å². The zero-order valence-corrected chi connectivity index (χ0v) is 9.22. The molecule has 16 heavy (non-hydrogen) atoms. The summed E-state index contributed by atoms with van der Waals surface area (Å²) >= 11 is 0. The highest BCUT2D eigenvalue weighted by molar-refractivity contribution is 5.76. The van der Waals surface area contributed by atoms with Gasteiger partial charge in [0.15, 0.2) is 6.10 Å². The van der Waals surface area contributed by atoms with Gasteiger partial charge in [-0.05, 0) is 31.4 Å². The Hall–Kier alpha value is -1.42. The number of aliphatic hydroxyl groups excluding tert-OH is 1. The van der Waals surface area contributed by atoms with Crippen molar-refractivity contribution in [1.29, 1.82) is 0 Å². The second kappa shape index (κ2) is 4.61. The van der Waals surface area contributed by atoms with E-state index >= 15 is 0 Å². The highest BCUT2D eigenvalue weighted by atomic mass is 16.5. The first-order valence-electron chi connectivity index (χ1n) is 5.52. The Morgan fingerprint density at radius 1 is 1.75 bits per heavy atom. The summed E-state index contributed by atoms with van der Waals surface area (Å²) in [5, 5.41) is 9.88. The van der Waals surface area contributed by atoms with Crippen molar-refractivity contribution in [3.63, 3.8) is 0 Å². The number of carbonyl (C=O) groups excluding carboxylic acids is 1. The van der Waals surface area contributed by atoms with Gasteiger partial charge in [-0.1, -0.05) is 6.07 Å². The van der Waals surface area contributed by atoms with Crippen molar-refractivity contribution in [2.45, 2.75) is 31.8 Å². The van der Waals surface area contributed by atoms with E-state index in [1.165, 1.54) is 0 Å². The predicted octanol–water partition coefficient (Wildman–Crippen LogP) is 1.04. The number of ether oxygens (including phenoxy) is 1. The van der Waals surface area contributed by atoms with Crippen LogP contribution >= 0.6 is 0 Å². The van der Waals surface area contributed by atoms with E-state index in [1.54, 1.807) is 13.1 Å². The normalized spacial score (nSPS) is 20.2. The summed E-state index contributed by atoms with van der Waals surface area (Å²) in [5.74, 6) is -0.763. The standard InChI is InChI=1S/C12H15NO3/c1-2-16-12(15)11(14)9-6-5-8-4-3-7-13-10(8)9/h3-4,7,9,11,14H,2,5-6H2,1H3. The number of hydrogen-bond donors (Lipinski definition) is 1. The molecule has 0 bridgehead atoms. The number of fused-ring (bicyclic) bond motifs is 1. The second-order valence-corrected chi connectivity index (χ2v) is 3.89. The van der Waals surface area contributed by atoms with Gasteiger partial charge in [-0.25, -0.2) is 4.79 Å². The van der Waals surface area contributed by atoms with Gasteiger partial charge in [-0.3, -0.25) is 4.98 Å². The van der Waals surface area contributed by atoms with Gasteiger partial charge in [0.1, 0.15) is 0 Å². The Bertz CT molecular complexity index is 392. The van der Waals surface area contributed by atoms with Crippen LogP contribution < -0.4 is 0 Å². The smallest absolute Gasteiger partial charge is 0.335 e. The fourth-order valence-electron chi connectivity index (χ4n) is 2.14. The Labute approximate surface area is 94.3 Å². The summed E-state index contributed by atoms with van der Waals surface area (Å²) in [6.45, 7) is 2.02. The average molecular weight is 221 g/mol. The van der Waals surface area contributed by atoms with Gasteiger partial charge in [0.25, 0.3) is 0 Å². The molecule has 1 aromatic heterocycles. The van der Waals surface area contributed by atoms with E-state index in [4.69, 9.17) is 4.74 Å².